The summed E-state index contributed by atoms with van der Waals surface area (Å²) < 4.78 is 0. The molecular weight excluding hydrogens is 326 g/mol. The van der Waals surface area contributed by atoms with Crippen molar-refractivity contribution in [1.82, 2.24) is 14.8 Å². The average molecular weight is 351 g/mol. The maximum absolute atomic E-state index is 11.8. The predicted octanol–water partition coefficient (Wildman–Crippen LogP) is 1.99. The molecule has 6 nitrogen and oxygen atoms in total. The van der Waals surface area contributed by atoms with E-state index >= 15 is 0 Å². The van der Waals surface area contributed by atoms with Gasteiger partial charge in [-0.25, -0.2) is 9.78 Å². The Morgan fingerprint density at radius 2 is 2.12 bits per heavy atom. The summed E-state index contributed by atoms with van der Waals surface area (Å²) in [6, 6.07) is -0.653. The number of carbonyl (C=O) groups is 2. The molecule has 24 heavy (non-hydrogen) atoms. The fraction of sp³-hybridized carbons (Fsp3) is 0.706. The Kier molecular flexibility index (Phi) is 4.92. The first kappa shape index (κ1) is 17.4. The molecule has 2 fully saturated rings. The van der Waals surface area contributed by atoms with Crippen LogP contribution in [0.1, 0.15) is 43.8 Å². The van der Waals surface area contributed by atoms with Crippen LogP contribution in [0.3, 0.4) is 0 Å². The zero-order valence-electron chi connectivity index (χ0n) is 14.3. The van der Waals surface area contributed by atoms with Gasteiger partial charge in [0.15, 0.2) is 0 Å². The van der Waals surface area contributed by atoms with Crippen LogP contribution in [0.25, 0.3) is 0 Å². The number of aromatic nitrogens is 1. The van der Waals surface area contributed by atoms with Crippen molar-refractivity contribution >= 4 is 23.2 Å². The van der Waals surface area contributed by atoms with E-state index in [0.29, 0.717) is 13.0 Å². The van der Waals surface area contributed by atoms with Gasteiger partial charge < -0.3 is 10.0 Å². The summed E-state index contributed by atoms with van der Waals surface area (Å²) in [4.78, 5) is 31.8. The van der Waals surface area contributed by atoms with E-state index in [2.05, 4.69) is 22.2 Å². The molecule has 0 saturated carbocycles. The van der Waals surface area contributed by atoms with Crippen molar-refractivity contribution in [3.05, 3.63) is 16.1 Å². The van der Waals surface area contributed by atoms with E-state index in [1.165, 1.54) is 11.9 Å². The first-order chi connectivity index (χ1) is 11.4. The summed E-state index contributed by atoms with van der Waals surface area (Å²) in [5.74, 6) is -1.00. The molecule has 1 unspecified atom stereocenters. The van der Waals surface area contributed by atoms with Crippen LogP contribution < -0.4 is 0 Å². The van der Waals surface area contributed by atoms with Crippen LogP contribution in [0.15, 0.2) is 5.38 Å². The van der Waals surface area contributed by atoms with E-state index in [1.54, 1.807) is 16.2 Å². The molecule has 0 radical (unpaired) electrons. The van der Waals surface area contributed by atoms with Gasteiger partial charge in [0, 0.05) is 25.4 Å². The molecular formula is C17H25N3O3S. The number of hydrogen-bond acceptors (Lipinski definition) is 5. The lowest BCUT2D eigenvalue weighted by atomic mass is 9.76. The van der Waals surface area contributed by atoms with Crippen molar-refractivity contribution in [3.8, 4) is 0 Å². The second kappa shape index (κ2) is 6.80. The molecule has 7 heteroatoms. The lowest BCUT2D eigenvalue weighted by Gasteiger charge is -2.38. The van der Waals surface area contributed by atoms with Gasteiger partial charge in [-0.3, -0.25) is 9.69 Å². The second-order valence-corrected chi connectivity index (χ2v) is 8.01. The summed E-state index contributed by atoms with van der Waals surface area (Å²) in [5.41, 5.74) is 1.11. The number of rotatable bonds is 4. The zero-order valence-corrected chi connectivity index (χ0v) is 15.1. The Labute approximate surface area is 146 Å². The SMILES string of the molecule is CCc1nc(CN2CCC3(CC2)CC(C(=O)O)N(C(C)=O)C3)cs1. The predicted molar refractivity (Wildman–Crippen MR) is 91.9 cm³/mol. The number of piperidine rings is 1. The van der Waals surface area contributed by atoms with Gasteiger partial charge in [-0.05, 0) is 44.2 Å². The first-order valence-electron chi connectivity index (χ1n) is 8.58. The van der Waals surface area contributed by atoms with Crippen LogP contribution in [0.2, 0.25) is 0 Å². The van der Waals surface area contributed by atoms with Crippen molar-refractivity contribution in [2.24, 2.45) is 5.41 Å². The van der Waals surface area contributed by atoms with E-state index in [4.69, 9.17) is 0 Å². The minimum atomic E-state index is -0.876. The third-order valence-electron chi connectivity index (χ3n) is 5.40. The van der Waals surface area contributed by atoms with Crippen LogP contribution in [0.4, 0.5) is 0 Å². The Bertz CT molecular complexity index is 598. The molecule has 0 aliphatic carbocycles. The highest BCUT2D eigenvalue weighted by atomic mass is 32.1. The normalized spacial score (nSPS) is 23.8. The highest BCUT2D eigenvalue weighted by molar-refractivity contribution is 7.09. The number of amides is 1. The Morgan fingerprint density at radius 3 is 2.62 bits per heavy atom. The number of nitrogens with zero attached hydrogens (tertiary/aromatic N) is 3. The largest absolute Gasteiger partial charge is 0.480 e. The van der Waals surface area contributed by atoms with Gasteiger partial charge in [-0.2, -0.15) is 0 Å². The van der Waals surface area contributed by atoms with Gasteiger partial charge in [-0.15, -0.1) is 11.3 Å². The van der Waals surface area contributed by atoms with Gasteiger partial charge in [0.1, 0.15) is 6.04 Å². The summed E-state index contributed by atoms with van der Waals surface area (Å²) in [6.45, 7) is 6.92. The Hall–Kier alpha value is -1.47. The van der Waals surface area contributed by atoms with E-state index in [0.717, 1.165) is 44.6 Å². The minimum Gasteiger partial charge on any atom is -0.480 e. The maximum Gasteiger partial charge on any atom is 0.326 e. The Balaban J connectivity index is 1.60. The second-order valence-electron chi connectivity index (χ2n) is 7.07. The Morgan fingerprint density at radius 1 is 1.42 bits per heavy atom. The average Bonchev–Trinajstić information content (AvgIpc) is 3.15. The van der Waals surface area contributed by atoms with Crippen LogP contribution in [0, 0.1) is 5.41 Å². The molecule has 1 aromatic rings. The molecule has 3 heterocycles. The molecule has 0 aromatic carbocycles. The highest BCUT2D eigenvalue weighted by Gasteiger charge is 2.49. The molecule has 132 valence electrons. The number of aliphatic carboxylic acids is 1. The molecule has 2 aliphatic rings. The lowest BCUT2D eigenvalue weighted by Crippen LogP contribution is -2.42. The molecule has 2 saturated heterocycles. The number of thiazole rings is 1. The van der Waals surface area contributed by atoms with Crippen molar-refractivity contribution in [3.63, 3.8) is 0 Å². The molecule has 2 aliphatic heterocycles. The maximum atomic E-state index is 11.8. The summed E-state index contributed by atoms with van der Waals surface area (Å²) in [5, 5.41) is 12.7. The van der Waals surface area contributed by atoms with Crippen molar-refractivity contribution < 1.29 is 14.7 Å². The summed E-state index contributed by atoms with van der Waals surface area (Å²) in [6.07, 6.45) is 3.47. The quantitative estimate of drug-likeness (QED) is 0.898. The number of carboxylic acids is 1. The van der Waals surface area contributed by atoms with Gasteiger partial charge in [-0.1, -0.05) is 6.92 Å². The number of carboxylic acid groups (broad SMARTS) is 1. The van der Waals surface area contributed by atoms with Crippen molar-refractivity contribution in [2.75, 3.05) is 19.6 Å². The molecule has 1 atom stereocenters. The van der Waals surface area contributed by atoms with Gasteiger partial charge >= 0.3 is 5.97 Å². The van der Waals surface area contributed by atoms with Crippen molar-refractivity contribution in [1.29, 1.82) is 0 Å². The third kappa shape index (κ3) is 3.47. The van der Waals surface area contributed by atoms with Crippen molar-refractivity contribution in [2.45, 2.75) is 52.1 Å². The molecule has 1 spiro atoms. The number of aryl methyl sites for hydroxylation is 1. The van der Waals surface area contributed by atoms with Crippen LogP contribution in [-0.2, 0) is 22.6 Å². The highest BCUT2D eigenvalue weighted by Crippen LogP contribution is 2.43. The zero-order chi connectivity index (χ0) is 17.3. The molecule has 1 amide bonds. The summed E-state index contributed by atoms with van der Waals surface area (Å²) in [7, 11) is 0. The number of likely N-dealkylation sites (tertiary alicyclic amines) is 2. The fourth-order valence-electron chi connectivity index (χ4n) is 3.97. The van der Waals surface area contributed by atoms with Gasteiger partial charge in [0.25, 0.3) is 0 Å². The molecule has 1 aromatic heterocycles. The minimum absolute atomic E-state index is 0.0259. The molecule has 1 N–H and O–H groups in total. The molecule has 3 rings (SSSR count). The van der Waals surface area contributed by atoms with E-state index < -0.39 is 12.0 Å². The van der Waals surface area contributed by atoms with Gasteiger partial charge in [0.05, 0.1) is 10.7 Å². The van der Waals surface area contributed by atoms with Crippen LogP contribution >= 0.6 is 11.3 Å². The van der Waals surface area contributed by atoms with Crippen LogP contribution in [-0.4, -0.2) is 57.4 Å². The third-order valence-corrected chi connectivity index (χ3v) is 6.44. The van der Waals surface area contributed by atoms with E-state index in [-0.39, 0.29) is 11.3 Å². The number of hydrogen-bond donors (Lipinski definition) is 1. The summed E-state index contributed by atoms with van der Waals surface area (Å²) >= 11 is 1.72. The fourth-order valence-corrected chi connectivity index (χ4v) is 4.70. The van der Waals surface area contributed by atoms with E-state index in [1.807, 2.05) is 0 Å². The molecule has 0 bridgehead atoms. The first-order valence-corrected chi connectivity index (χ1v) is 9.46. The monoisotopic (exact) mass is 351 g/mol. The topological polar surface area (TPSA) is 73.7 Å². The standard InChI is InChI=1S/C17H25N3O3S/c1-3-15-18-13(10-24-15)9-19-6-4-17(5-7-19)8-14(16(22)23)20(11-17)12(2)21/h10,14H,3-9,11H2,1-2H3,(H,22,23). The smallest absolute Gasteiger partial charge is 0.326 e. The number of carbonyl (C=O) groups excluding carboxylic acids is 1. The van der Waals surface area contributed by atoms with E-state index in [9.17, 15) is 14.7 Å². The van der Waals surface area contributed by atoms with Gasteiger partial charge in [0.2, 0.25) is 5.91 Å². The lowest BCUT2D eigenvalue weighted by molar-refractivity contribution is -0.147. The van der Waals surface area contributed by atoms with Crippen LogP contribution in [0.5, 0.6) is 0 Å².